The number of nitrogens with one attached hydrogen (secondary N) is 1. The smallest absolute Gasteiger partial charge is 0.309 e. The molecule has 2 aromatic rings. The van der Waals surface area contributed by atoms with Crippen LogP contribution in [0, 0.1) is 5.41 Å². The summed E-state index contributed by atoms with van der Waals surface area (Å²) in [6, 6.07) is 10.2. The molecule has 1 aromatic carbocycles. The normalized spacial score (nSPS) is 16.4. The first-order chi connectivity index (χ1) is 13.3. The standard InChI is InChI=1S/C21H24N2O5/c1-21(2,20(26)27)9-10-22-18(24)16-12-14-6-3-4-7-15(14)13-23(16)19(25)17-8-5-11-28-17/h3-8,11,16H,9-10,12-13H2,1-2H3,(H,22,24)(H,26,27). The maximum Gasteiger partial charge on any atom is 0.309 e. The van der Waals surface area contributed by atoms with Gasteiger partial charge in [-0.15, -0.1) is 0 Å². The zero-order valence-corrected chi connectivity index (χ0v) is 16.0. The second kappa shape index (κ2) is 7.88. The monoisotopic (exact) mass is 384 g/mol. The fourth-order valence-corrected chi connectivity index (χ4v) is 3.24. The Morgan fingerprint density at radius 3 is 2.54 bits per heavy atom. The van der Waals surface area contributed by atoms with Gasteiger partial charge in [-0.1, -0.05) is 24.3 Å². The number of fused-ring (bicyclic) bond motifs is 1. The third kappa shape index (κ3) is 4.08. The molecule has 0 fully saturated rings. The first-order valence-electron chi connectivity index (χ1n) is 9.22. The topological polar surface area (TPSA) is 99.9 Å². The molecule has 0 spiro atoms. The zero-order chi connectivity index (χ0) is 20.3. The minimum atomic E-state index is -0.934. The van der Waals surface area contributed by atoms with E-state index in [0.29, 0.717) is 19.4 Å². The molecule has 2 amide bonds. The molecule has 2 heterocycles. The highest BCUT2D eigenvalue weighted by atomic mass is 16.4. The number of hydrogen-bond acceptors (Lipinski definition) is 4. The fraction of sp³-hybridized carbons (Fsp3) is 0.381. The van der Waals surface area contributed by atoms with Gasteiger partial charge in [-0.2, -0.15) is 0 Å². The van der Waals surface area contributed by atoms with Crippen molar-refractivity contribution in [3.63, 3.8) is 0 Å². The van der Waals surface area contributed by atoms with Gasteiger partial charge in [0.2, 0.25) is 5.91 Å². The molecule has 0 aliphatic carbocycles. The van der Waals surface area contributed by atoms with Gasteiger partial charge >= 0.3 is 5.97 Å². The summed E-state index contributed by atoms with van der Waals surface area (Å²) in [5, 5.41) is 12.0. The van der Waals surface area contributed by atoms with Gasteiger partial charge in [0.25, 0.3) is 5.91 Å². The van der Waals surface area contributed by atoms with E-state index in [1.54, 1.807) is 26.0 Å². The quantitative estimate of drug-likeness (QED) is 0.797. The lowest BCUT2D eigenvalue weighted by Gasteiger charge is -2.35. The van der Waals surface area contributed by atoms with E-state index in [1.807, 2.05) is 24.3 Å². The lowest BCUT2D eigenvalue weighted by Crippen LogP contribution is -2.53. The van der Waals surface area contributed by atoms with E-state index in [4.69, 9.17) is 4.42 Å². The number of nitrogens with zero attached hydrogens (tertiary/aromatic N) is 1. The number of rotatable bonds is 6. The van der Waals surface area contributed by atoms with Crippen molar-refractivity contribution in [2.75, 3.05) is 6.54 Å². The van der Waals surface area contributed by atoms with Crippen molar-refractivity contribution in [1.29, 1.82) is 0 Å². The molecule has 7 heteroatoms. The van der Waals surface area contributed by atoms with Gasteiger partial charge in [0, 0.05) is 19.5 Å². The van der Waals surface area contributed by atoms with Crippen molar-refractivity contribution in [2.24, 2.45) is 5.41 Å². The van der Waals surface area contributed by atoms with Crippen molar-refractivity contribution in [1.82, 2.24) is 10.2 Å². The first-order valence-corrected chi connectivity index (χ1v) is 9.22. The molecule has 0 bridgehead atoms. The second-order valence-electron chi connectivity index (χ2n) is 7.63. The largest absolute Gasteiger partial charge is 0.481 e. The molecule has 1 aromatic heterocycles. The maximum atomic E-state index is 12.9. The van der Waals surface area contributed by atoms with E-state index >= 15 is 0 Å². The highest BCUT2D eigenvalue weighted by Crippen LogP contribution is 2.26. The lowest BCUT2D eigenvalue weighted by atomic mass is 9.89. The predicted molar refractivity (Wildman–Crippen MR) is 102 cm³/mol. The van der Waals surface area contributed by atoms with Gasteiger partial charge in [0.15, 0.2) is 5.76 Å². The van der Waals surface area contributed by atoms with Crippen LogP contribution in [0.2, 0.25) is 0 Å². The van der Waals surface area contributed by atoms with Crippen LogP contribution < -0.4 is 5.32 Å². The van der Waals surface area contributed by atoms with Gasteiger partial charge in [-0.25, -0.2) is 0 Å². The number of aliphatic carboxylic acids is 1. The van der Waals surface area contributed by atoms with E-state index in [-0.39, 0.29) is 24.1 Å². The molecule has 0 radical (unpaired) electrons. The SMILES string of the molecule is CC(C)(CCNC(=O)C1Cc2ccccc2CN1C(=O)c1ccco1)C(=O)O. The molecule has 7 nitrogen and oxygen atoms in total. The predicted octanol–water partition coefficient (Wildman–Crippen LogP) is 2.46. The number of carboxylic acid groups (broad SMARTS) is 1. The molecule has 0 saturated carbocycles. The van der Waals surface area contributed by atoms with Gasteiger partial charge in [-0.3, -0.25) is 14.4 Å². The molecule has 2 N–H and O–H groups in total. The molecule has 1 unspecified atom stereocenters. The molecule has 148 valence electrons. The van der Waals surface area contributed by atoms with Gasteiger partial charge in [0.05, 0.1) is 11.7 Å². The van der Waals surface area contributed by atoms with Crippen LogP contribution >= 0.6 is 0 Å². The molecular formula is C21H24N2O5. The summed E-state index contributed by atoms with van der Waals surface area (Å²) in [5.41, 5.74) is 1.09. The number of amides is 2. The van der Waals surface area contributed by atoms with Crippen LogP contribution in [0.5, 0.6) is 0 Å². The van der Waals surface area contributed by atoms with Gasteiger partial charge in [0.1, 0.15) is 6.04 Å². The van der Waals surface area contributed by atoms with E-state index < -0.39 is 17.4 Å². The summed E-state index contributed by atoms with van der Waals surface area (Å²) < 4.78 is 5.23. The average Bonchev–Trinajstić information content (AvgIpc) is 3.20. The molecule has 1 aliphatic heterocycles. The number of hydrogen-bond donors (Lipinski definition) is 2. The lowest BCUT2D eigenvalue weighted by molar-refractivity contribution is -0.147. The summed E-state index contributed by atoms with van der Waals surface area (Å²) in [6.45, 7) is 3.77. The van der Waals surface area contributed by atoms with Crippen LogP contribution in [0.1, 0.15) is 41.9 Å². The minimum absolute atomic E-state index is 0.184. The summed E-state index contributed by atoms with van der Waals surface area (Å²) >= 11 is 0. The van der Waals surface area contributed by atoms with E-state index in [1.165, 1.54) is 11.2 Å². The minimum Gasteiger partial charge on any atom is -0.481 e. The highest BCUT2D eigenvalue weighted by Gasteiger charge is 2.36. The van der Waals surface area contributed by atoms with Crippen LogP contribution in [0.15, 0.2) is 47.1 Å². The average molecular weight is 384 g/mol. The van der Waals surface area contributed by atoms with Crippen molar-refractivity contribution in [2.45, 2.75) is 39.3 Å². The highest BCUT2D eigenvalue weighted by molar-refractivity contribution is 5.96. The Kier molecular flexibility index (Phi) is 5.53. The summed E-state index contributed by atoms with van der Waals surface area (Å²) in [4.78, 5) is 38.5. The van der Waals surface area contributed by atoms with Crippen molar-refractivity contribution < 1.29 is 23.9 Å². The third-order valence-corrected chi connectivity index (χ3v) is 5.17. The van der Waals surface area contributed by atoms with Gasteiger partial charge in [-0.05, 0) is 43.5 Å². The zero-order valence-electron chi connectivity index (χ0n) is 16.0. The number of furan rings is 1. The molecular weight excluding hydrogens is 360 g/mol. The van der Waals surface area contributed by atoms with Crippen molar-refractivity contribution >= 4 is 17.8 Å². The Morgan fingerprint density at radius 1 is 1.18 bits per heavy atom. The van der Waals surface area contributed by atoms with Gasteiger partial charge < -0.3 is 19.7 Å². The van der Waals surface area contributed by atoms with E-state index in [2.05, 4.69) is 5.32 Å². The van der Waals surface area contributed by atoms with Crippen LogP contribution in [-0.2, 0) is 22.6 Å². The Bertz CT molecular complexity index is 873. The maximum absolute atomic E-state index is 12.9. The molecule has 3 rings (SSSR count). The van der Waals surface area contributed by atoms with Crippen molar-refractivity contribution in [3.05, 3.63) is 59.5 Å². The summed E-state index contributed by atoms with van der Waals surface area (Å²) in [6.07, 6.45) is 2.12. The van der Waals surface area contributed by atoms with E-state index in [9.17, 15) is 19.5 Å². The fourth-order valence-electron chi connectivity index (χ4n) is 3.24. The Labute approximate surface area is 163 Å². The van der Waals surface area contributed by atoms with E-state index in [0.717, 1.165) is 11.1 Å². The van der Waals surface area contributed by atoms with Crippen LogP contribution in [0.4, 0.5) is 0 Å². The molecule has 28 heavy (non-hydrogen) atoms. The number of carboxylic acids is 1. The molecule has 1 aliphatic rings. The first kappa shape index (κ1) is 19.7. The summed E-state index contributed by atoms with van der Waals surface area (Å²) in [5.74, 6) is -1.37. The molecule has 1 atom stereocenters. The Morgan fingerprint density at radius 2 is 1.89 bits per heavy atom. The molecule has 0 saturated heterocycles. The number of carbonyl (C=O) groups excluding carboxylic acids is 2. The number of benzene rings is 1. The van der Waals surface area contributed by atoms with Crippen LogP contribution in [0.25, 0.3) is 0 Å². The third-order valence-electron chi connectivity index (χ3n) is 5.17. The van der Waals surface area contributed by atoms with Crippen LogP contribution in [-0.4, -0.2) is 40.4 Å². The van der Waals surface area contributed by atoms with Crippen LogP contribution in [0.3, 0.4) is 0 Å². The Hall–Kier alpha value is -3.09. The second-order valence-corrected chi connectivity index (χ2v) is 7.63. The number of carbonyl (C=O) groups is 3. The van der Waals surface area contributed by atoms with Crippen molar-refractivity contribution in [3.8, 4) is 0 Å². The summed E-state index contributed by atoms with van der Waals surface area (Å²) in [7, 11) is 0. The Balaban J connectivity index is 1.76.